The summed E-state index contributed by atoms with van der Waals surface area (Å²) < 4.78 is 0. The monoisotopic (exact) mass is 291 g/mol. The number of anilines is 1. The lowest BCUT2D eigenvalue weighted by molar-refractivity contribution is 0.349. The van der Waals surface area contributed by atoms with E-state index < -0.39 is 0 Å². The first-order valence-corrected chi connectivity index (χ1v) is 7.12. The first-order valence-electron chi connectivity index (χ1n) is 5.99. The zero-order valence-corrected chi connectivity index (χ0v) is 12.0. The number of hydrogen-bond acceptors (Lipinski definition) is 1. The van der Waals surface area contributed by atoms with Gasteiger partial charge in [-0.15, -0.1) is 0 Å². The minimum Gasteiger partial charge on any atom is -0.380 e. The molecule has 1 N–H and O–H groups in total. The molecule has 94 valence electrons. The van der Waals surface area contributed by atoms with E-state index in [1.165, 1.54) is 25.7 Å². The Bertz CT molecular complexity index is 383. The molecule has 4 heteroatoms. The summed E-state index contributed by atoms with van der Waals surface area (Å²) in [5.41, 5.74) is 0.816. The molecule has 1 aromatic rings. The van der Waals surface area contributed by atoms with Crippen molar-refractivity contribution in [2.24, 2.45) is 5.92 Å². The highest BCUT2D eigenvalue weighted by molar-refractivity contribution is 6.41. The molecule has 0 radical (unpaired) electrons. The lowest BCUT2D eigenvalue weighted by atomic mass is 9.86. The maximum atomic E-state index is 6.17. The quantitative estimate of drug-likeness (QED) is 0.744. The van der Waals surface area contributed by atoms with E-state index in [1.54, 1.807) is 12.1 Å². The summed E-state index contributed by atoms with van der Waals surface area (Å²) in [5.74, 6) is 0.659. The van der Waals surface area contributed by atoms with Crippen molar-refractivity contribution >= 4 is 40.5 Å². The van der Waals surface area contributed by atoms with Gasteiger partial charge in [-0.1, -0.05) is 54.6 Å². The summed E-state index contributed by atoms with van der Waals surface area (Å²) in [6, 6.07) is 3.91. The molecule has 0 bridgehead atoms. The number of halogens is 3. The van der Waals surface area contributed by atoms with Crippen LogP contribution in [0.3, 0.4) is 0 Å². The van der Waals surface area contributed by atoms with Crippen LogP contribution in [0.25, 0.3) is 0 Å². The van der Waals surface area contributed by atoms with Crippen molar-refractivity contribution in [3.63, 3.8) is 0 Å². The Hall–Kier alpha value is -0.110. The Morgan fingerprint density at radius 2 is 1.65 bits per heavy atom. The van der Waals surface area contributed by atoms with Gasteiger partial charge in [0, 0.05) is 11.1 Å². The van der Waals surface area contributed by atoms with Gasteiger partial charge in [-0.25, -0.2) is 0 Å². The van der Waals surface area contributed by atoms with Gasteiger partial charge in [0.05, 0.1) is 15.7 Å². The second-order valence-corrected chi connectivity index (χ2v) is 6.01. The highest BCUT2D eigenvalue weighted by Gasteiger charge is 2.22. The summed E-state index contributed by atoms with van der Waals surface area (Å²) in [7, 11) is 0. The van der Waals surface area contributed by atoms with E-state index in [4.69, 9.17) is 34.8 Å². The normalized spacial score (nSPS) is 24.7. The molecule has 0 saturated heterocycles. The van der Waals surface area contributed by atoms with Gasteiger partial charge in [0.15, 0.2) is 0 Å². The smallest absolute Gasteiger partial charge is 0.0722 e. The van der Waals surface area contributed by atoms with Crippen LogP contribution in [-0.4, -0.2) is 6.04 Å². The maximum Gasteiger partial charge on any atom is 0.0722 e. The number of hydrogen-bond donors (Lipinski definition) is 1. The highest BCUT2D eigenvalue weighted by Crippen LogP contribution is 2.36. The third-order valence-electron chi connectivity index (χ3n) is 3.45. The molecule has 1 fully saturated rings. The van der Waals surface area contributed by atoms with Gasteiger partial charge in [-0.05, 0) is 30.9 Å². The van der Waals surface area contributed by atoms with E-state index in [9.17, 15) is 0 Å². The van der Waals surface area contributed by atoms with Gasteiger partial charge in [0.1, 0.15) is 0 Å². The fourth-order valence-corrected chi connectivity index (χ4v) is 3.32. The molecule has 2 atom stereocenters. The number of rotatable bonds is 2. The van der Waals surface area contributed by atoms with Crippen molar-refractivity contribution in [2.45, 2.75) is 38.6 Å². The molecule has 17 heavy (non-hydrogen) atoms. The summed E-state index contributed by atoms with van der Waals surface area (Å²) >= 11 is 18.2. The lowest BCUT2D eigenvalue weighted by Crippen LogP contribution is -2.30. The van der Waals surface area contributed by atoms with Gasteiger partial charge in [0.2, 0.25) is 0 Å². The summed E-state index contributed by atoms with van der Waals surface area (Å²) in [4.78, 5) is 0. The Labute approximate surface area is 117 Å². The first kappa shape index (κ1) is 13.3. The van der Waals surface area contributed by atoms with E-state index >= 15 is 0 Å². The molecule has 1 aliphatic rings. The SMILES string of the molecule is CC1CCCCC1Nc1c(Cl)cc(Cl)cc1Cl. The minimum atomic E-state index is 0.458. The molecule has 2 rings (SSSR count). The van der Waals surface area contributed by atoms with Crippen LogP contribution in [-0.2, 0) is 0 Å². The summed E-state index contributed by atoms with van der Waals surface area (Å²) in [6.07, 6.45) is 5.03. The van der Waals surface area contributed by atoms with Gasteiger partial charge in [-0.3, -0.25) is 0 Å². The lowest BCUT2D eigenvalue weighted by Gasteiger charge is -2.31. The topological polar surface area (TPSA) is 12.0 Å². The molecule has 1 aliphatic carbocycles. The van der Waals surface area contributed by atoms with E-state index in [2.05, 4.69) is 12.2 Å². The molecule has 0 aromatic heterocycles. The zero-order chi connectivity index (χ0) is 12.4. The zero-order valence-electron chi connectivity index (χ0n) is 9.77. The largest absolute Gasteiger partial charge is 0.380 e. The molecule has 0 amide bonds. The molecule has 1 nitrogen and oxygen atoms in total. The van der Waals surface area contributed by atoms with Crippen LogP contribution in [0.15, 0.2) is 12.1 Å². The van der Waals surface area contributed by atoms with Gasteiger partial charge < -0.3 is 5.32 Å². The first-order chi connectivity index (χ1) is 8.08. The van der Waals surface area contributed by atoms with Crippen LogP contribution in [0.2, 0.25) is 15.1 Å². The Morgan fingerprint density at radius 3 is 2.24 bits per heavy atom. The van der Waals surface area contributed by atoms with Gasteiger partial charge >= 0.3 is 0 Å². The van der Waals surface area contributed by atoms with Crippen molar-refractivity contribution < 1.29 is 0 Å². The van der Waals surface area contributed by atoms with Crippen LogP contribution >= 0.6 is 34.8 Å². The average Bonchev–Trinajstić information content (AvgIpc) is 2.25. The molecule has 1 aromatic carbocycles. The van der Waals surface area contributed by atoms with Crippen LogP contribution in [0.1, 0.15) is 32.6 Å². The van der Waals surface area contributed by atoms with Gasteiger partial charge in [-0.2, -0.15) is 0 Å². The van der Waals surface area contributed by atoms with Crippen LogP contribution in [0.5, 0.6) is 0 Å². The standard InChI is InChI=1S/C13H16Cl3N/c1-8-4-2-3-5-12(8)17-13-10(15)6-9(14)7-11(13)16/h6-8,12,17H,2-5H2,1H3. The summed E-state index contributed by atoms with van der Waals surface area (Å²) in [6.45, 7) is 2.27. The molecule has 0 aliphatic heterocycles. The molecule has 2 unspecified atom stereocenters. The Morgan fingerprint density at radius 1 is 1.06 bits per heavy atom. The molecular weight excluding hydrogens is 277 g/mol. The third kappa shape index (κ3) is 3.21. The second kappa shape index (κ2) is 5.69. The predicted molar refractivity (Wildman–Crippen MR) is 76.5 cm³/mol. The van der Waals surface area contributed by atoms with Gasteiger partial charge in [0.25, 0.3) is 0 Å². The highest BCUT2D eigenvalue weighted by atomic mass is 35.5. The van der Waals surface area contributed by atoms with Crippen LogP contribution < -0.4 is 5.32 Å². The summed E-state index contributed by atoms with van der Waals surface area (Å²) in [5, 5.41) is 5.24. The maximum absolute atomic E-state index is 6.17. The van der Waals surface area contributed by atoms with E-state index in [0.29, 0.717) is 27.0 Å². The van der Waals surface area contributed by atoms with Crippen molar-refractivity contribution in [1.82, 2.24) is 0 Å². The van der Waals surface area contributed by atoms with Crippen LogP contribution in [0, 0.1) is 5.92 Å². The van der Waals surface area contributed by atoms with E-state index in [0.717, 1.165) is 5.69 Å². The molecule has 1 saturated carbocycles. The van der Waals surface area contributed by atoms with Crippen LogP contribution in [0.4, 0.5) is 5.69 Å². The Balaban J connectivity index is 2.17. The number of nitrogens with one attached hydrogen (secondary N) is 1. The van der Waals surface area contributed by atoms with E-state index in [1.807, 2.05) is 0 Å². The third-order valence-corrected chi connectivity index (χ3v) is 4.26. The van der Waals surface area contributed by atoms with Crippen molar-refractivity contribution in [1.29, 1.82) is 0 Å². The molecule has 0 spiro atoms. The fourth-order valence-electron chi connectivity index (χ4n) is 2.40. The number of benzene rings is 1. The molecular formula is C13H16Cl3N. The molecule has 0 heterocycles. The average molecular weight is 293 g/mol. The fraction of sp³-hybridized carbons (Fsp3) is 0.538. The minimum absolute atomic E-state index is 0.458. The van der Waals surface area contributed by atoms with Crippen molar-refractivity contribution in [3.8, 4) is 0 Å². The Kier molecular flexibility index (Phi) is 4.46. The second-order valence-electron chi connectivity index (χ2n) is 4.76. The van der Waals surface area contributed by atoms with Crippen molar-refractivity contribution in [2.75, 3.05) is 5.32 Å². The van der Waals surface area contributed by atoms with Crippen molar-refractivity contribution in [3.05, 3.63) is 27.2 Å². The predicted octanol–water partition coefficient (Wildman–Crippen LogP) is 5.64. The van der Waals surface area contributed by atoms with E-state index in [-0.39, 0.29) is 0 Å².